The van der Waals surface area contributed by atoms with Gasteiger partial charge in [-0.2, -0.15) is 0 Å². The second kappa shape index (κ2) is 6.31. The van der Waals surface area contributed by atoms with Crippen LogP contribution in [0.4, 0.5) is 5.82 Å². The molecule has 0 aliphatic carbocycles. The second-order valence-electron chi connectivity index (χ2n) is 5.97. The Morgan fingerprint density at radius 1 is 1.04 bits per heavy atom. The fourth-order valence-electron chi connectivity index (χ4n) is 3.16. The van der Waals surface area contributed by atoms with Crippen molar-refractivity contribution in [1.82, 2.24) is 19.9 Å². The van der Waals surface area contributed by atoms with Gasteiger partial charge in [0.05, 0.1) is 11.8 Å². The van der Waals surface area contributed by atoms with Crippen LogP contribution < -0.4 is 4.90 Å². The highest BCUT2D eigenvalue weighted by molar-refractivity contribution is 5.87. The maximum Gasteiger partial charge on any atom is 0.227 e. The molecule has 1 aliphatic rings. The van der Waals surface area contributed by atoms with Crippen LogP contribution in [-0.2, 0) is 11.2 Å². The van der Waals surface area contributed by atoms with E-state index < -0.39 is 0 Å². The predicted octanol–water partition coefficient (Wildman–Crippen LogP) is 1.85. The number of fused-ring (bicyclic) bond motifs is 1. The van der Waals surface area contributed by atoms with Crippen molar-refractivity contribution in [1.29, 1.82) is 0 Å². The predicted molar refractivity (Wildman–Crippen MR) is 92.8 cm³/mol. The van der Waals surface area contributed by atoms with E-state index in [9.17, 15) is 4.79 Å². The van der Waals surface area contributed by atoms with Crippen molar-refractivity contribution in [3.8, 4) is 0 Å². The van der Waals surface area contributed by atoms with Gasteiger partial charge in [0.25, 0.3) is 0 Å². The number of aromatic amines is 1. The van der Waals surface area contributed by atoms with E-state index in [0.717, 1.165) is 48.6 Å². The van der Waals surface area contributed by atoms with Crippen molar-refractivity contribution in [3.63, 3.8) is 0 Å². The van der Waals surface area contributed by atoms with Crippen LogP contribution in [-0.4, -0.2) is 51.9 Å². The molecule has 1 saturated heterocycles. The molecule has 122 valence electrons. The molecule has 0 unspecified atom stereocenters. The number of nitrogens with zero attached hydrogens (tertiary/aromatic N) is 4. The van der Waals surface area contributed by atoms with Crippen LogP contribution in [0.5, 0.6) is 0 Å². The number of aromatic nitrogens is 3. The number of nitrogens with one attached hydrogen (secondary N) is 1. The Hall–Kier alpha value is -2.89. The molecular formula is C18H19N5O. The van der Waals surface area contributed by atoms with E-state index in [1.54, 1.807) is 6.33 Å². The quantitative estimate of drug-likeness (QED) is 0.799. The van der Waals surface area contributed by atoms with Gasteiger partial charge in [-0.05, 0) is 11.6 Å². The zero-order valence-electron chi connectivity index (χ0n) is 13.4. The van der Waals surface area contributed by atoms with E-state index in [1.165, 1.54) is 0 Å². The molecular weight excluding hydrogens is 302 g/mol. The first-order valence-corrected chi connectivity index (χ1v) is 8.16. The van der Waals surface area contributed by atoms with Gasteiger partial charge in [-0.15, -0.1) is 0 Å². The first-order valence-electron chi connectivity index (χ1n) is 8.16. The van der Waals surface area contributed by atoms with Gasteiger partial charge in [-0.25, -0.2) is 9.97 Å². The molecule has 0 spiro atoms. The lowest BCUT2D eigenvalue weighted by Crippen LogP contribution is -2.49. The maximum atomic E-state index is 12.5. The SMILES string of the molecule is O=C(Cc1ccccc1)N1CCN(c2ncnc3[nH]ccc23)CC1. The van der Waals surface area contributed by atoms with Gasteiger partial charge >= 0.3 is 0 Å². The summed E-state index contributed by atoms with van der Waals surface area (Å²) >= 11 is 0. The topological polar surface area (TPSA) is 65.1 Å². The number of hydrogen-bond donors (Lipinski definition) is 1. The van der Waals surface area contributed by atoms with Gasteiger partial charge in [-0.1, -0.05) is 30.3 Å². The summed E-state index contributed by atoms with van der Waals surface area (Å²) in [6.45, 7) is 3.03. The van der Waals surface area contributed by atoms with Crippen LogP contribution >= 0.6 is 0 Å². The van der Waals surface area contributed by atoms with Crippen molar-refractivity contribution < 1.29 is 4.79 Å². The number of hydrogen-bond acceptors (Lipinski definition) is 4. The number of anilines is 1. The van der Waals surface area contributed by atoms with E-state index >= 15 is 0 Å². The minimum Gasteiger partial charge on any atom is -0.352 e. The molecule has 3 aromatic rings. The van der Waals surface area contributed by atoms with Crippen molar-refractivity contribution in [3.05, 3.63) is 54.5 Å². The Labute approximate surface area is 140 Å². The Kier molecular flexibility index (Phi) is 3.86. The molecule has 2 aromatic heterocycles. The lowest BCUT2D eigenvalue weighted by molar-refractivity contribution is -0.130. The van der Waals surface area contributed by atoms with Gasteiger partial charge in [0.15, 0.2) is 0 Å². The van der Waals surface area contributed by atoms with Gasteiger partial charge in [0.1, 0.15) is 17.8 Å². The lowest BCUT2D eigenvalue weighted by atomic mass is 10.1. The molecule has 1 aliphatic heterocycles. The summed E-state index contributed by atoms with van der Waals surface area (Å²) in [5, 5.41) is 1.03. The van der Waals surface area contributed by atoms with E-state index in [1.807, 2.05) is 47.5 Å². The number of piperazine rings is 1. The van der Waals surface area contributed by atoms with Gasteiger partial charge in [0.2, 0.25) is 5.91 Å². The van der Waals surface area contributed by atoms with Crippen molar-refractivity contribution in [2.45, 2.75) is 6.42 Å². The minimum atomic E-state index is 0.190. The Bertz CT molecular complexity index is 837. The summed E-state index contributed by atoms with van der Waals surface area (Å²) in [6.07, 6.45) is 3.93. The van der Waals surface area contributed by atoms with Gasteiger partial charge < -0.3 is 14.8 Å². The molecule has 24 heavy (non-hydrogen) atoms. The molecule has 1 fully saturated rings. The van der Waals surface area contributed by atoms with E-state index in [2.05, 4.69) is 19.9 Å². The molecule has 0 atom stereocenters. The number of benzene rings is 1. The first kappa shape index (κ1) is 14.7. The average molecular weight is 321 g/mol. The fraction of sp³-hybridized carbons (Fsp3) is 0.278. The van der Waals surface area contributed by atoms with Crippen LogP contribution in [0.1, 0.15) is 5.56 Å². The number of carbonyl (C=O) groups excluding carboxylic acids is 1. The Morgan fingerprint density at radius 2 is 1.83 bits per heavy atom. The van der Waals surface area contributed by atoms with E-state index in [0.29, 0.717) is 6.42 Å². The summed E-state index contributed by atoms with van der Waals surface area (Å²) in [4.78, 5) is 28.4. The minimum absolute atomic E-state index is 0.190. The third-order valence-electron chi connectivity index (χ3n) is 4.46. The number of carbonyl (C=O) groups is 1. The highest BCUT2D eigenvalue weighted by atomic mass is 16.2. The molecule has 1 aromatic carbocycles. The highest BCUT2D eigenvalue weighted by Crippen LogP contribution is 2.23. The third-order valence-corrected chi connectivity index (χ3v) is 4.46. The number of rotatable bonds is 3. The standard InChI is InChI=1S/C18H19N5O/c24-16(12-14-4-2-1-3-5-14)22-8-10-23(11-9-22)18-15-6-7-19-17(15)20-13-21-18/h1-7,13H,8-12H2,(H,19,20,21). The average Bonchev–Trinajstić information content (AvgIpc) is 3.11. The molecule has 6 nitrogen and oxygen atoms in total. The zero-order chi connectivity index (χ0) is 16.4. The van der Waals surface area contributed by atoms with E-state index in [-0.39, 0.29) is 5.91 Å². The molecule has 4 rings (SSSR count). The van der Waals surface area contributed by atoms with Crippen LogP contribution in [0.3, 0.4) is 0 Å². The van der Waals surface area contributed by atoms with Crippen LogP contribution in [0, 0.1) is 0 Å². The van der Waals surface area contributed by atoms with Crippen LogP contribution in [0.15, 0.2) is 48.9 Å². The molecule has 0 saturated carbocycles. The molecule has 1 amide bonds. The van der Waals surface area contributed by atoms with Gasteiger partial charge in [0, 0.05) is 32.4 Å². The first-order chi connectivity index (χ1) is 11.8. The van der Waals surface area contributed by atoms with Crippen molar-refractivity contribution >= 4 is 22.8 Å². The Balaban J connectivity index is 1.41. The zero-order valence-corrected chi connectivity index (χ0v) is 13.4. The summed E-state index contributed by atoms with van der Waals surface area (Å²) in [5.74, 6) is 1.13. The van der Waals surface area contributed by atoms with Crippen LogP contribution in [0.2, 0.25) is 0 Å². The molecule has 3 heterocycles. The van der Waals surface area contributed by atoms with Crippen molar-refractivity contribution in [2.75, 3.05) is 31.1 Å². The largest absolute Gasteiger partial charge is 0.352 e. The summed E-state index contributed by atoms with van der Waals surface area (Å²) in [7, 11) is 0. The summed E-state index contributed by atoms with van der Waals surface area (Å²) < 4.78 is 0. The van der Waals surface area contributed by atoms with Crippen LogP contribution in [0.25, 0.3) is 11.0 Å². The van der Waals surface area contributed by atoms with Crippen molar-refractivity contribution in [2.24, 2.45) is 0 Å². The monoisotopic (exact) mass is 321 g/mol. The Morgan fingerprint density at radius 3 is 2.62 bits per heavy atom. The molecule has 0 bridgehead atoms. The normalized spacial score (nSPS) is 15.0. The molecule has 1 N–H and O–H groups in total. The highest BCUT2D eigenvalue weighted by Gasteiger charge is 2.23. The summed E-state index contributed by atoms with van der Waals surface area (Å²) in [6, 6.07) is 11.9. The smallest absolute Gasteiger partial charge is 0.227 e. The third kappa shape index (κ3) is 2.82. The van der Waals surface area contributed by atoms with E-state index in [4.69, 9.17) is 0 Å². The second-order valence-corrected chi connectivity index (χ2v) is 5.97. The van der Waals surface area contributed by atoms with Gasteiger partial charge in [-0.3, -0.25) is 4.79 Å². The fourth-order valence-corrected chi connectivity index (χ4v) is 3.16. The maximum absolute atomic E-state index is 12.5. The summed E-state index contributed by atoms with van der Waals surface area (Å²) in [5.41, 5.74) is 1.91. The number of amides is 1. The number of H-pyrrole nitrogens is 1. The molecule has 6 heteroatoms. The lowest BCUT2D eigenvalue weighted by Gasteiger charge is -2.35. The molecule has 0 radical (unpaired) electrons.